The number of thiazole rings is 1. The number of halogens is 1. The monoisotopic (exact) mass is 337 g/mol. The molecule has 0 saturated carbocycles. The van der Waals surface area contributed by atoms with Crippen LogP contribution in [0.25, 0.3) is 0 Å². The number of nitrogens with zero attached hydrogens (tertiary/aromatic N) is 1. The molecular formula is C16H20ClN3OS. The van der Waals surface area contributed by atoms with Crippen LogP contribution in [-0.4, -0.2) is 17.4 Å². The maximum atomic E-state index is 12.4. The van der Waals surface area contributed by atoms with Gasteiger partial charge in [-0.25, -0.2) is 4.98 Å². The lowest BCUT2D eigenvalue weighted by Gasteiger charge is -2.23. The number of hydrogen-bond acceptors (Lipinski definition) is 4. The van der Waals surface area contributed by atoms with Gasteiger partial charge in [0.2, 0.25) is 0 Å². The molecule has 0 fully saturated rings. The molecule has 1 aromatic carbocycles. The zero-order valence-electron chi connectivity index (χ0n) is 12.7. The molecule has 1 atom stereocenters. The highest BCUT2D eigenvalue weighted by atomic mass is 35.5. The first-order valence-electron chi connectivity index (χ1n) is 7.22. The Morgan fingerprint density at radius 3 is 2.77 bits per heavy atom. The summed E-state index contributed by atoms with van der Waals surface area (Å²) in [5.74, 6) is 0.0316. The van der Waals surface area contributed by atoms with Gasteiger partial charge in [-0.05, 0) is 24.1 Å². The Balaban J connectivity index is 2.17. The van der Waals surface area contributed by atoms with Crippen LogP contribution in [0.2, 0.25) is 5.02 Å². The normalized spacial score (nSPS) is 12.4. The van der Waals surface area contributed by atoms with Gasteiger partial charge in [-0.15, -0.1) is 11.3 Å². The van der Waals surface area contributed by atoms with Crippen molar-refractivity contribution in [1.82, 2.24) is 10.3 Å². The second kappa shape index (κ2) is 7.72. The molecule has 0 bridgehead atoms. The molecular weight excluding hydrogens is 318 g/mol. The number of benzene rings is 1. The lowest BCUT2D eigenvalue weighted by atomic mass is 9.96. The van der Waals surface area contributed by atoms with Crippen molar-refractivity contribution in [1.29, 1.82) is 0 Å². The first-order valence-corrected chi connectivity index (χ1v) is 8.48. The van der Waals surface area contributed by atoms with E-state index in [2.05, 4.69) is 24.1 Å². The van der Waals surface area contributed by atoms with Gasteiger partial charge in [0.05, 0.1) is 11.0 Å². The smallest absolute Gasteiger partial charge is 0.271 e. The molecule has 2 rings (SSSR count). The van der Waals surface area contributed by atoms with Gasteiger partial charge in [-0.3, -0.25) is 4.79 Å². The van der Waals surface area contributed by atoms with Crippen LogP contribution in [0.15, 0.2) is 29.6 Å². The number of carbonyl (C=O) groups is 1. The number of rotatable bonds is 6. The van der Waals surface area contributed by atoms with Crippen LogP contribution in [0.5, 0.6) is 0 Å². The van der Waals surface area contributed by atoms with Crippen LogP contribution in [-0.2, 0) is 6.42 Å². The summed E-state index contributed by atoms with van der Waals surface area (Å²) in [6, 6.07) is 7.42. The maximum Gasteiger partial charge on any atom is 0.271 e. The molecule has 0 aliphatic carbocycles. The van der Waals surface area contributed by atoms with E-state index in [1.807, 2.05) is 24.3 Å². The Labute approximate surface area is 139 Å². The van der Waals surface area contributed by atoms with E-state index >= 15 is 0 Å². The summed E-state index contributed by atoms with van der Waals surface area (Å²) in [6.07, 6.45) is 0.691. The van der Waals surface area contributed by atoms with Crippen molar-refractivity contribution in [2.45, 2.75) is 26.3 Å². The largest absolute Gasteiger partial charge is 0.344 e. The van der Waals surface area contributed by atoms with Crippen molar-refractivity contribution in [3.63, 3.8) is 0 Å². The van der Waals surface area contributed by atoms with E-state index in [1.54, 1.807) is 5.38 Å². The molecule has 0 spiro atoms. The zero-order chi connectivity index (χ0) is 16.1. The van der Waals surface area contributed by atoms with Gasteiger partial charge in [-0.1, -0.05) is 43.6 Å². The Morgan fingerprint density at radius 1 is 1.41 bits per heavy atom. The van der Waals surface area contributed by atoms with Crippen LogP contribution in [0.1, 0.15) is 40.9 Å². The van der Waals surface area contributed by atoms with Gasteiger partial charge in [0, 0.05) is 16.8 Å². The third kappa shape index (κ3) is 4.06. The first-order chi connectivity index (χ1) is 10.5. The average Bonchev–Trinajstić information content (AvgIpc) is 2.94. The molecule has 0 radical (unpaired) electrons. The minimum Gasteiger partial charge on any atom is -0.344 e. The average molecular weight is 338 g/mol. The Hall–Kier alpha value is -1.43. The molecule has 118 valence electrons. The van der Waals surface area contributed by atoms with Gasteiger partial charge in [-0.2, -0.15) is 0 Å². The van der Waals surface area contributed by atoms with E-state index in [0.29, 0.717) is 23.7 Å². The predicted octanol–water partition coefficient (Wildman–Crippen LogP) is 3.42. The molecule has 1 heterocycles. The summed E-state index contributed by atoms with van der Waals surface area (Å²) in [7, 11) is 0. The number of nitrogens with one attached hydrogen (secondary N) is 1. The molecule has 1 unspecified atom stereocenters. The van der Waals surface area contributed by atoms with Crippen LogP contribution in [0.4, 0.5) is 0 Å². The lowest BCUT2D eigenvalue weighted by molar-refractivity contribution is 0.0921. The van der Waals surface area contributed by atoms with Crippen LogP contribution >= 0.6 is 22.9 Å². The molecule has 3 N–H and O–H groups in total. The Bertz CT molecular complexity index is 642. The van der Waals surface area contributed by atoms with E-state index in [0.717, 1.165) is 10.6 Å². The van der Waals surface area contributed by atoms with Gasteiger partial charge >= 0.3 is 0 Å². The molecule has 22 heavy (non-hydrogen) atoms. The topological polar surface area (TPSA) is 68.0 Å². The maximum absolute atomic E-state index is 12.4. The van der Waals surface area contributed by atoms with Gasteiger partial charge in [0.1, 0.15) is 5.69 Å². The standard InChI is InChI=1S/C16H20ClN3OS/c1-10(2)15(11-5-3-4-6-12(11)17)20-16(21)13-9-22-14(19-13)7-8-18/h3-6,9-10,15H,7-8,18H2,1-2H3,(H,20,21). The van der Waals surface area contributed by atoms with Crippen molar-refractivity contribution < 1.29 is 4.79 Å². The third-order valence-corrected chi connectivity index (χ3v) is 4.59. The highest BCUT2D eigenvalue weighted by molar-refractivity contribution is 7.09. The highest BCUT2D eigenvalue weighted by Crippen LogP contribution is 2.28. The number of hydrogen-bond donors (Lipinski definition) is 2. The van der Waals surface area contributed by atoms with Crippen molar-refractivity contribution >= 4 is 28.8 Å². The molecule has 0 aliphatic heterocycles. The lowest BCUT2D eigenvalue weighted by Crippen LogP contribution is -2.32. The van der Waals surface area contributed by atoms with Gasteiger partial charge in [0.15, 0.2) is 0 Å². The van der Waals surface area contributed by atoms with E-state index < -0.39 is 0 Å². The molecule has 2 aromatic rings. The van der Waals surface area contributed by atoms with Crippen molar-refractivity contribution in [3.8, 4) is 0 Å². The minimum atomic E-state index is -0.182. The summed E-state index contributed by atoms with van der Waals surface area (Å²) in [5.41, 5.74) is 6.87. The van der Waals surface area contributed by atoms with Crippen molar-refractivity contribution in [3.05, 3.63) is 50.9 Å². The summed E-state index contributed by atoms with van der Waals surface area (Å²) in [4.78, 5) is 16.7. The quantitative estimate of drug-likeness (QED) is 0.848. The van der Waals surface area contributed by atoms with Crippen LogP contribution in [0.3, 0.4) is 0 Å². The molecule has 1 aromatic heterocycles. The number of aromatic nitrogens is 1. The minimum absolute atomic E-state index is 0.152. The molecule has 1 amide bonds. The number of carbonyl (C=O) groups excluding carboxylic acids is 1. The second-order valence-electron chi connectivity index (χ2n) is 5.38. The fourth-order valence-corrected chi connectivity index (χ4v) is 3.25. The predicted molar refractivity (Wildman–Crippen MR) is 91.4 cm³/mol. The number of amides is 1. The van der Waals surface area contributed by atoms with E-state index in [9.17, 15) is 4.79 Å². The third-order valence-electron chi connectivity index (χ3n) is 3.34. The highest BCUT2D eigenvalue weighted by Gasteiger charge is 2.22. The van der Waals surface area contributed by atoms with E-state index in [1.165, 1.54) is 11.3 Å². The fraction of sp³-hybridized carbons (Fsp3) is 0.375. The summed E-state index contributed by atoms with van der Waals surface area (Å²) >= 11 is 7.72. The van der Waals surface area contributed by atoms with Gasteiger partial charge in [0.25, 0.3) is 5.91 Å². The van der Waals surface area contributed by atoms with Crippen molar-refractivity contribution in [2.24, 2.45) is 11.7 Å². The summed E-state index contributed by atoms with van der Waals surface area (Å²) in [6.45, 7) is 4.63. The Morgan fingerprint density at radius 2 is 2.14 bits per heavy atom. The molecule has 6 heteroatoms. The van der Waals surface area contributed by atoms with Crippen LogP contribution in [0, 0.1) is 5.92 Å². The Kier molecular flexibility index (Phi) is 5.94. The second-order valence-corrected chi connectivity index (χ2v) is 6.73. The molecule has 4 nitrogen and oxygen atoms in total. The number of nitrogens with two attached hydrogens (primary N) is 1. The fourth-order valence-electron chi connectivity index (χ4n) is 2.20. The van der Waals surface area contributed by atoms with Gasteiger partial charge < -0.3 is 11.1 Å². The van der Waals surface area contributed by atoms with E-state index in [-0.39, 0.29) is 17.9 Å². The van der Waals surface area contributed by atoms with Crippen molar-refractivity contribution in [2.75, 3.05) is 6.54 Å². The summed E-state index contributed by atoms with van der Waals surface area (Å²) in [5, 5.41) is 6.34. The van der Waals surface area contributed by atoms with E-state index in [4.69, 9.17) is 17.3 Å². The molecule has 0 aliphatic rings. The SMILES string of the molecule is CC(C)C(NC(=O)c1csc(CCN)n1)c1ccccc1Cl. The first kappa shape index (κ1) is 16.9. The summed E-state index contributed by atoms with van der Waals surface area (Å²) < 4.78 is 0. The van der Waals surface area contributed by atoms with Crippen LogP contribution < -0.4 is 11.1 Å². The zero-order valence-corrected chi connectivity index (χ0v) is 14.2. The molecule has 0 saturated heterocycles.